The molecule has 0 amide bonds. The van der Waals surface area contributed by atoms with Crippen molar-refractivity contribution in [1.29, 1.82) is 0 Å². The van der Waals surface area contributed by atoms with Gasteiger partial charge in [-0.25, -0.2) is 4.99 Å². The highest BCUT2D eigenvalue weighted by molar-refractivity contribution is 5.79. The highest BCUT2D eigenvalue weighted by atomic mass is 16.5. The lowest BCUT2D eigenvalue weighted by atomic mass is 10.0. The van der Waals surface area contributed by atoms with E-state index in [0.29, 0.717) is 12.5 Å². The molecule has 142 valence electrons. The summed E-state index contributed by atoms with van der Waals surface area (Å²) in [6, 6.07) is 10.1. The smallest absolute Gasteiger partial charge is 0.191 e. The van der Waals surface area contributed by atoms with Crippen LogP contribution in [0.3, 0.4) is 0 Å². The number of nitrogens with one attached hydrogen (secondary N) is 2. The van der Waals surface area contributed by atoms with Crippen LogP contribution in [0.1, 0.15) is 56.5 Å². The molecule has 6 heteroatoms. The first kappa shape index (κ1) is 19.8. The topological polar surface area (TPSA) is 71.7 Å². The zero-order chi connectivity index (χ0) is 18.9. The molecule has 0 bridgehead atoms. The highest BCUT2D eigenvalue weighted by Gasteiger charge is 2.12. The monoisotopic (exact) mass is 358 g/mol. The molecule has 26 heavy (non-hydrogen) atoms. The number of methoxy groups -OCH3 is 1. The summed E-state index contributed by atoms with van der Waals surface area (Å²) in [7, 11) is 1.70. The van der Waals surface area contributed by atoms with Crippen molar-refractivity contribution in [3.63, 3.8) is 0 Å². The molecule has 6 nitrogen and oxygen atoms in total. The molecule has 2 rings (SSSR count). The maximum Gasteiger partial charge on any atom is 0.191 e. The molecule has 0 saturated carbocycles. The number of rotatable bonds is 8. The molecule has 0 saturated heterocycles. The van der Waals surface area contributed by atoms with Crippen molar-refractivity contribution in [3.05, 3.63) is 47.3 Å². The van der Waals surface area contributed by atoms with Gasteiger partial charge in [0.2, 0.25) is 0 Å². The second-order valence-corrected chi connectivity index (χ2v) is 6.59. The largest absolute Gasteiger partial charge is 0.496 e. The zero-order valence-corrected chi connectivity index (χ0v) is 16.4. The Hall–Kier alpha value is -2.50. The van der Waals surface area contributed by atoms with Crippen molar-refractivity contribution >= 4 is 5.96 Å². The van der Waals surface area contributed by atoms with E-state index >= 15 is 0 Å². The van der Waals surface area contributed by atoms with Gasteiger partial charge in [-0.3, -0.25) is 0 Å². The van der Waals surface area contributed by atoms with Gasteiger partial charge in [-0.1, -0.05) is 44.1 Å². The van der Waals surface area contributed by atoms with Gasteiger partial charge in [-0.15, -0.1) is 0 Å². The van der Waals surface area contributed by atoms with Gasteiger partial charge in [0.05, 0.1) is 12.8 Å². The second-order valence-electron chi connectivity index (χ2n) is 6.59. The molecule has 0 aliphatic heterocycles. The molecule has 1 atom stereocenters. The predicted octanol–water partition coefficient (Wildman–Crippen LogP) is 3.67. The van der Waals surface area contributed by atoms with E-state index < -0.39 is 0 Å². The third kappa shape index (κ3) is 5.51. The van der Waals surface area contributed by atoms with Crippen molar-refractivity contribution in [2.45, 2.75) is 46.1 Å². The van der Waals surface area contributed by atoms with Crippen LogP contribution in [0.2, 0.25) is 0 Å². The van der Waals surface area contributed by atoms with Crippen molar-refractivity contribution in [2.75, 3.05) is 20.2 Å². The van der Waals surface area contributed by atoms with Crippen LogP contribution in [-0.2, 0) is 6.54 Å². The highest BCUT2D eigenvalue weighted by Crippen LogP contribution is 2.25. The van der Waals surface area contributed by atoms with Crippen LogP contribution in [0.4, 0.5) is 0 Å². The fourth-order valence-corrected chi connectivity index (χ4v) is 2.61. The van der Waals surface area contributed by atoms with E-state index in [1.165, 1.54) is 5.56 Å². The molecule has 1 aromatic heterocycles. The maximum absolute atomic E-state index is 5.45. The Morgan fingerprint density at radius 3 is 2.65 bits per heavy atom. The van der Waals surface area contributed by atoms with E-state index in [-0.39, 0.29) is 5.92 Å². The minimum absolute atomic E-state index is 0.285. The van der Waals surface area contributed by atoms with Gasteiger partial charge in [0.1, 0.15) is 12.3 Å². The van der Waals surface area contributed by atoms with E-state index in [9.17, 15) is 0 Å². The van der Waals surface area contributed by atoms with Gasteiger partial charge >= 0.3 is 0 Å². The van der Waals surface area contributed by atoms with E-state index in [2.05, 4.69) is 47.6 Å². The Morgan fingerprint density at radius 1 is 1.23 bits per heavy atom. The number of benzene rings is 1. The standard InChI is InChI=1S/C20H30N4O2/c1-6-21-20(23-13-16-11-18(14(2)3)24-26-16)22-12-15(4)17-9-7-8-10-19(17)25-5/h7-11,14-15H,6,12-13H2,1-5H3,(H2,21,22,23). The minimum atomic E-state index is 0.285. The van der Waals surface area contributed by atoms with Crippen LogP contribution in [-0.4, -0.2) is 31.3 Å². The van der Waals surface area contributed by atoms with E-state index in [1.807, 2.05) is 31.2 Å². The first-order valence-electron chi connectivity index (χ1n) is 9.15. The van der Waals surface area contributed by atoms with Crippen molar-refractivity contribution in [2.24, 2.45) is 4.99 Å². The SMILES string of the molecule is CCNC(=NCc1cc(C(C)C)no1)NCC(C)c1ccccc1OC. The summed E-state index contributed by atoms with van der Waals surface area (Å²) in [5.41, 5.74) is 2.13. The summed E-state index contributed by atoms with van der Waals surface area (Å²) in [5, 5.41) is 10.7. The lowest BCUT2D eigenvalue weighted by molar-refractivity contribution is 0.376. The number of guanidine groups is 1. The molecule has 0 aliphatic rings. The molecular weight excluding hydrogens is 328 g/mol. The average molecular weight is 358 g/mol. The third-order valence-electron chi connectivity index (χ3n) is 4.15. The molecule has 2 N–H and O–H groups in total. The average Bonchev–Trinajstić information content (AvgIpc) is 3.13. The van der Waals surface area contributed by atoms with Crippen LogP contribution in [0.25, 0.3) is 0 Å². The molecule has 1 unspecified atom stereocenters. The van der Waals surface area contributed by atoms with Crippen molar-refractivity contribution in [1.82, 2.24) is 15.8 Å². The zero-order valence-electron chi connectivity index (χ0n) is 16.4. The molecule has 0 spiro atoms. The van der Waals surface area contributed by atoms with Gasteiger partial charge in [0.15, 0.2) is 11.7 Å². The van der Waals surface area contributed by atoms with Crippen LogP contribution in [0.5, 0.6) is 5.75 Å². The number of hydrogen-bond acceptors (Lipinski definition) is 4. The number of para-hydroxylation sites is 1. The molecule has 2 aromatic rings. The number of aliphatic imine (C=N–C) groups is 1. The van der Waals surface area contributed by atoms with Crippen LogP contribution >= 0.6 is 0 Å². The molecular formula is C20H30N4O2. The Labute approximate surface area is 156 Å². The summed E-state index contributed by atoms with van der Waals surface area (Å²) >= 11 is 0. The predicted molar refractivity (Wildman–Crippen MR) is 105 cm³/mol. The summed E-state index contributed by atoms with van der Waals surface area (Å²) in [5.74, 6) is 3.07. The number of hydrogen-bond donors (Lipinski definition) is 2. The Kier molecular flexibility index (Phi) is 7.51. The first-order chi connectivity index (χ1) is 12.5. The normalized spacial score (nSPS) is 12.9. The quantitative estimate of drug-likeness (QED) is 0.556. The maximum atomic E-state index is 5.45. The first-order valence-corrected chi connectivity index (χ1v) is 9.15. The molecule has 1 heterocycles. The molecule has 0 radical (unpaired) electrons. The van der Waals surface area contributed by atoms with Gasteiger partial charge in [-0.05, 0) is 24.5 Å². The fraction of sp³-hybridized carbons (Fsp3) is 0.500. The summed E-state index contributed by atoms with van der Waals surface area (Å²) in [6.45, 7) is 10.4. The van der Waals surface area contributed by atoms with Crippen LogP contribution < -0.4 is 15.4 Å². The summed E-state index contributed by atoms with van der Waals surface area (Å²) in [4.78, 5) is 4.59. The van der Waals surface area contributed by atoms with E-state index in [4.69, 9.17) is 9.26 Å². The Bertz CT molecular complexity index is 709. The van der Waals surface area contributed by atoms with Crippen LogP contribution in [0.15, 0.2) is 39.8 Å². The van der Waals surface area contributed by atoms with Gasteiger partial charge < -0.3 is 19.9 Å². The third-order valence-corrected chi connectivity index (χ3v) is 4.15. The number of aromatic nitrogens is 1. The number of nitrogens with zero attached hydrogens (tertiary/aromatic N) is 2. The van der Waals surface area contributed by atoms with Crippen LogP contribution in [0, 0.1) is 0 Å². The second kappa shape index (κ2) is 9.85. The number of ether oxygens (including phenoxy) is 1. The molecule has 0 aliphatic carbocycles. The lowest BCUT2D eigenvalue weighted by Gasteiger charge is -2.18. The Morgan fingerprint density at radius 2 is 2.00 bits per heavy atom. The summed E-state index contributed by atoms with van der Waals surface area (Å²) in [6.07, 6.45) is 0. The Balaban J connectivity index is 1.98. The van der Waals surface area contributed by atoms with Crippen molar-refractivity contribution < 1.29 is 9.26 Å². The lowest BCUT2D eigenvalue weighted by Crippen LogP contribution is -2.39. The molecule has 1 aromatic carbocycles. The van der Waals surface area contributed by atoms with Gasteiger partial charge in [0.25, 0.3) is 0 Å². The van der Waals surface area contributed by atoms with Gasteiger partial charge in [-0.2, -0.15) is 0 Å². The minimum Gasteiger partial charge on any atom is -0.496 e. The van der Waals surface area contributed by atoms with E-state index in [0.717, 1.165) is 36.3 Å². The molecule has 0 fully saturated rings. The summed E-state index contributed by atoms with van der Waals surface area (Å²) < 4.78 is 10.8. The fourth-order valence-electron chi connectivity index (χ4n) is 2.61. The van der Waals surface area contributed by atoms with Gasteiger partial charge in [0, 0.05) is 25.1 Å². The van der Waals surface area contributed by atoms with E-state index in [1.54, 1.807) is 7.11 Å². The van der Waals surface area contributed by atoms with Crippen molar-refractivity contribution in [3.8, 4) is 5.75 Å².